The Balaban J connectivity index is 1.22. The first kappa shape index (κ1) is 25.6. The molecular formula is C26H39N5O4. The predicted octanol–water partition coefficient (Wildman–Crippen LogP) is 1.71. The molecular weight excluding hydrogens is 446 g/mol. The molecule has 2 fully saturated rings. The number of oxazole rings is 1. The molecule has 3 heterocycles. The van der Waals surface area contributed by atoms with E-state index >= 15 is 0 Å². The van der Waals surface area contributed by atoms with Crippen LogP contribution in [0, 0.1) is 0 Å². The molecule has 35 heavy (non-hydrogen) atoms. The fraction of sp³-hybridized carbons (Fsp3) is 0.615. The van der Waals surface area contributed by atoms with Crippen LogP contribution in [-0.4, -0.2) is 109 Å². The number of anilines is 1. The molecule has 0 aliphatic carbocycles. The lowest BCUT2D eigenvalue weighted by Crippen LogP contribution is -2.49. The summed E-state index contributed by atoms with van der Waals surface area (Å²) < 4.78 is 11.0. The lowest BCUT2D eigenvalue weighted by Gasteiger charge is -2.36. The fourth-order valence-electron chi connectivity index (χ4n) is 4.84. The van der Waals surface area contributed by atoms with E-state index < -0.39 is 6.10 Å². The van der Waals surface area contributed by atoms with E-state index in [1.54, 1.807) is 0 Å². The molecule has 1 N–H and O–H groups in total. The second kappa shape index (κ2) is 12.5. The normalized spacial score (nSPS) is 18.7. The Morgan fingerprint density at radius 2 is 1.77 bits per heavy atom. The van der Waals surface area contributed by atoms with Gasteiger partial charge in [0.1, 0.15) is 6.26 Å². The van der Waals surface area contributed by atoms with Crippen LogP contribution in [-0.2, 0) is 17.7 Å². The number of aliphatic hydroxyl groups excluding tert-OH is 1. The molecule has 0 radical (unpaired) electrons. The first-order valence-corrected chi connectivity index (χ1v) is 12.8. The number of amides is 1. The average Bonchev–Trinajstić information content (AvgIpc) is 3.36. The lowest BCUT2D eigenvalue weighted by molar-refractivity contribution is 0.00948. The average molecular weight is 486 g/mol. The number of hydrogen-bond donors (Lipinski definition) is 1. The molecule has 9 nitrogen and oxygen atoms in total. The monoisotopic (exact) mass is 485 g/mol. The number of aryl methyl sites for hydroxylation is 1. The minimum atomic E-state index is -0.454. The number of aromatic nitrogens is 1. The molecule has 2 saturated heterocycles. The van der Waals surface area contributed by atoms with Gasteiger partial charge in [-0.1, -0.05) is 25.1 Å². The number of para-hydroxylation sites is 1. The molecule has 4 rings (SSSR count). The molecule has 0 spiro atoms. The van der Waals surface area contributed by atoms with Crippen LogP contribution in [0.2, 0.25) is 0 Å². The summed E-state index contributed by atoms with van der Waals surface area (Å²) in [7, 11) is 0. The Hall–Kier alpha value is -2.46. The van der Waals surface area contributed by atoms with Crippen LogP contribution in [0.1, 0.15) is 35.8 Å². The van der Waals surface area contributed by atoms with E-state index in [4.69, 9.17) is 9.15 Å². The van der Waals surface area contributed by atoms with Gasteiger partial charge in [-0.3, -0.25) is 14.6 Å². The number of ether oxygens (including phenoxy) is 1. The van der Waals surface area contributed by atoms with Crippen molar-refractivity contribution >= 4 is 11.6 Å². The summed E-state index contributed by atoms with van der Waals surface area (Å²) >= 11 is 0. The molecule has 1 atom stereocenters. The molecule has 9 heteroatoms. The predicted molar refractivity (Wildman–Crippen MR) is 135 cm³/mol. The van der Waals surface area contributed by atoms with Crippen molar-refractivity contribution in [2.24, 2.45) is 0 Å². The number of piperazine rings is 2. The highest BCUT2D eigenvalue weighted by atomic mass is 16.5. The number of hydrogen-bond acceptors (Lipinski definition) is 8. The summed E-state index contributed by atoms with van der Waals surface area (Å²) in [6.07, 6.45) is 2.05. The highest BCUT2D eigenvalue weighted by Crippen LogP contribution is 2.23. The van der Waals surface area contributed by atoms with Gasteiger partial charge >= 0.3 is 0 Å². The van der Waals surface area contributed by atoms with Gasteiger partial charge in [-0.2, -0.15) is 0 Å². The first-order chi connectivity index (χ1) is 17.1. The van der Waals surface area contributed by atoms with Gasteiger partial charge in [0.2, 0.25) is 5.89 Å². The molecule has 2 aliphatic heterocycles. The van der Waals surface area contributed by atoms with Gasteiger partial charge in [0.15, 0.2) is 5.69 Å². The molecule has 1 aromatic heterocycles. The Kier molecular flexibility index (Phi) is 9.14. The zero-order valence-corrected chi connectivity index (χ0v) is 21.1. The van der Waals surface area contributed by atoms with E-state index in [1.165, 1.54) is 17.5 Å². The number of rotatable bonds is 10. The van der Waals surface area contributed by atoms with Crippen molar-refractivity contribution in [2.75, 3.05) is 77.0 Å². The molecule has 1 aromatic carbocycles. The number of β-amino-alcohol motifs (C(OH)–C–C–N with tert-alkyl or cyclic N) is 1. The van der Waals surface area contributed by atoms with E-state index in [9.17, 15) is 9.90 Å². The molecule has 2 aliphatic rings. The summed E-state index contributed by atoms with van der Waals surface area (Å²) in [4.78, 5) is 26.3. The number of aliphatic hydroxyl groups is 1. The zero-order chi connectivity index (χ0) is 24.6. The van der Waals surface area contributed by atoms with Crippen molar-refractivity contribution in [3.63, 3.8) is 0 Å². The molecule has 0 bridgehead atoms. The summed E-state index contributed by atoms with van der Waals surface area (Å²) in [6, 6.07) is 8.51. The van der Waals surface area contributed by atoms with Crippen LogP contribution >= 0.6 is 0 Å². The van der Waals surface area contributed by atoms with E-state index in [0.29, 0.717) is 51.0 Å². The molecule has 2 aromatic rings. The second-order valence-electron chi connectivity index (χ2n) is 9.28. The molecule has 1 amide bonds. The fourth-order valence-corrected chi connectivity index (χ4v) is 4.84. The van der Waals surface area contributed by atoms with Crippen molar-refractivity contribution < 1.29 is 19.1 Å². The summed E-state index contributed by atoms with van der Waals surface area (Å²) in [6.45, 7) is 12.8. The smallest absolute Gasteiger partial charge is 0.275 e. The van der Waals surface area contributed by atoms with Crippen molar-refractivity contribution in [3.8, 4) is 0 Å². The SMILES string of the molecule is CCOC[C@@H](O)CN1CCN(Cc2nc(C(=O)N3CCN(c4ccccc4CC)CC3)co2)CC1. The van der Waals surface area contributed by atoms with Gasteiger partial charge in [0.25, 0.3) is 5.91 Å². The van der Waals surface area contributed by atoms with Crippen LogP contribution in [0.4, 0.5) is 5.69 Å². The molecule has 192 valence electrons. The first-order valence-electron chi connectivity index (χ1n) is 12.8. The largest absolute Gasteiger partial charge is 0.447 e. The van der Waals surface area contributed by atoms with Gasteiger partial charge in [-0.25, -0.2) is 4.98 Å². The quantitative estimate of drug-likeness (QED) is 0.545. The minimum absolute atomic E-state index is 0.0588. The van der Waals surface area contributed by atoms with E-state index in [-0.39, 0.29) is 5.91 Å². The van der Waals surface area contributed by atoms with E-state index in [2.05, 4.69) is 50.9 Å². The van der Waals surface area contributed by atoms with Crippen LogP contribution in [0.25, 0.3) is 0 Å². The summed E-state index contributed by atoms with van der Waals surface area (Å²) in [5.41, 5.74) is 3.01. The number of carbonyl (C=O) groups excluding carboxylic acids is 1. The maximum atomic E-state index is 13.0. The summed E-state index contributed by atoms with van der Waals surface area (Å²) in [5.74, 6) is 0.519. The van der Waals surface area contributed by atoms with Crippen LogP contribution in [0.3, 0.4) is 0 Å². The standard InChI is InChI=1S/C26H39N5O4/c1-3-21-7-5-6-8-24(21)30-13-15-31(16-14-30)26(33)23-20-35-25(27-23)18-29-11-9-28(10-12-29)17-22(32)19-34-4-2/h5-8,20,22,32H,3-4,9-19H2,1-2H3/t22-/m0/s1. The maximum absolute atomic E-state index is 13.0. The third-order valence-corrected chi connectivity index (χ3v) is 6.86. The molecule has 0 saturated carbocycles. The topological polar surface area (TPSA) is 85.5 Å². The lowest BCUT2D eigenvalue weighted by atomic mass is 10.1. The van der Waals surface area contributed by atoms with Gasteiger partial charge in [0, 0.05) is 71.2 Å². The number of benzene rings is 1. The van der Waals surface area contributed by atoms with Crippen LogP contribution in [0.15, 0.2) is 34.9 Å². The van der Waals surface area contributed by atoms with Gasteiger partial charge in [-0.05, 0) is 25.0 Å². The molecule has 0 unspecified atom stereocenters. The number of carbonyl (C=O) groups is 1. The van der Waals surface area contributed by atoms with Crippen molar-refractivity contribution in [1.29, 1.82) is 0 Å². The third kappa shape index (κ3) is 6.82. The Labute approximate surface area is 208 Å². The second-order valence-corrected chi connectivity index (χ2v) is 9.28. The van der Waals surface area contributed by atoms with E-state index in [0.717, 1.165) is 45.7 Å². The summed E-state index contributed by atoms with van der Waals surface area (Å²) in [5, 5.41) is 10.0. The Morgan fingerprint density at radius 3 is 2.49 bits per heavy atom. The van der Waals surface area contributed by atoms with Crippen molar-refractivity contribution in [3.05, 3.63) is 47.7 Å². The number of nitrogens with zero attached hydrogens (tertiary/aromatic N) is 5. The van der Waals surface area contributed by atoms with Crippen molar-refractivity contribution in [2.45, 2.75) is 32.9 Å². The van der Waals surface area contributed by atoms with Gasteiger partial charge in [-0.15, -0.1) is 0 Å². The van der Waals surface area contributed by atoms with E-state index in [1.807, 2.05) is 11.8 Å². The maximum Gasteiger partial charge on any atom is 0.275 e. The highest BCUT2D eigenvalue weighted by molar-refractivity contribution is 5.92. The minimum Gasteiger partial charge on any atom is -0.447 e. The van der Waals surface area contributed by atoms with Gasteiger partial charge < -0.3 is 24.1 Å². The highest BCUT2D eigenvalue weighted by Gasteiger charge is 2.26. The zero-order valence-electron chi connectivity index (χ0n) is 21.1. The van der Waals surface area contributed by atoms with Gasteiger partial charge in [0.05, 0.1) is 19.3 Å². The van der Waals surface area contributed by atoms with Crippen LogP contribution < -0.4 is 4.90 Å². The van der Waals surface area contributed by atoms with Crippen LogP contribution in [0.5, 0.6) is 0 Å². The third-order valence-electron chi connectivity index (χ3n) is 6.86. The van der Waals surface area contributed by atoms with Crippen molar-refractivity contribution in [1.82, 2.24) is 19.7 Å². The Bertz CT molecular complexity index is 935. The Morgan fingerprint density at radius 1 is 1.06 bits per heavy atom.